The van der Waals surface area contributed by atoms with E-state index < -0.39 is 6.04 Å². The normalized spacial score (nSPS) is 24.6. The van der Waals surface area contributed by atoms with Crippen molar-refractivity contribution in [3.8, 4) is 0 Å². The fraction of sp³-hybridized carbons (Fsp3) is 0.571. The van der Waals surface area contributed by atoms with Gasteiger partial charge in [-0.05, 0) is 43.0 Å². The third kappa shape index (κ3) is 4.49. The highest BCUT2D eigenvalue weighted by Crippen LogP contribution is 2.29. The number of piperidine rings is 1. The number of morpholine rings is 1. The largest absolute Gasteiger partial charge is 0.376 e. The molecule has 8 nitrogen and oxygen atoms in total. The van der Waals surface area contributed by atoms with E-state index in [1.54, 1.807) is 4.90 Å². The molecule has 3 aliphatic heterocycles. The van der Waals surface area contributed by atoms with Gasteiger partial charge in [0.15, 0.2) is 0 Å². The fourth-order valence-electron chi connectivity index (χ4n) is 4.30. The van der Waals surface area contributed by atoms with Crippen LogP contribution in [0.25, 0.3) is 0 Å². The van der Waals surface area contributed by atoms with Gasteiger partial charge in [0.1, 0.15) is 6.04 Å². The number of imide groups is 1. The van der Waals surface area contributed by atoms with Crippen LogP contribution in [0, 0.1) is 0 Å². The summed E-state index contributed by atoms with van der Waals surface area (Å²) in [5.41, 5.74) is 2.73. The molecular formula is C21H28N4O4. The van der Waals surface area contributed by atoms with E-state index in [0.29, 0.717) is 31.2 Å². The van der Waals surface area contributed by atoms with Gasteiger partial charge in [-0.15, -0.1) is 0 Å². The van der Waals surface area contributed by atoms with E-state index in [9.17, 15) is 14.4 Å². The highest BCUT2D eigenvalue weighted by atomic mass is 16.5. The number of ether oxygens (including phenoxy) is 1. The summed E-state index contributed by atoms with van der Waals surface area (Å²) in [5.74, 6) is -0.769. The molecule has 8 heteroatoms. The van der Waals surface area contributed by atoms with Crippen LogP contribution >= 0.6 is 0 Å². The maximum Gasteiger partial charge on any atom is 0.255 e. The number of carbonyl (C=O) groups is 3. The van der Waals surface area contributed by atoms with Gasteiger partial charge in [-0.2, -0.15) is 0 Å². The van der Waals surface area contributed by atoms with Crippen LogP contribution < -0.4 is 16.0 Å². The monoisotopic (exact) mass is 400 g/mol. The Kier molecular flexibility index (Phi) is 6.22. The molecule has 1 aromatic carbocycles. The topological polar surface area (TPSA) is 99.8 Å². The Morgan fingerprint density at radius 1 is 1.24 bits per heavy atom. The minimum Gasteiger partial charge on any atom is -0.376 e. The van der Waals surface area contributed by atoms with E-state index in [1.807, 2.05) is 18.2 Å². The van der Waals surface area contributed by atoms with Crippen LogP contribution in [-0.4, -0.2) is 61.0 Å². The van der Waals surface area contributed by atoms with E-state index in [-0.39, 0.29) is 24.1 Å². The number of nitrogens with zero attached hydrogens (tertiary/aromatic N) is 1. The SMILES string of the molecule is O=C1CCC(N2Cc3c(CNCCCC4CNCCO4)cccc3C2=O)C(=O)N1. The molecule has 2 unspecified atom stereocenters. The second kappa shape index (κ2) is 9.02. The van der Waals surface area contributed by atoms with Crippen molar-refractivity contribution in [3.63, 3.8) is 0 Å². The molecule has 0 saturated carbocycles. The predicted molar refractivity (Wildman–Crippen MR) is 106 cm³/mol. The zero-order chi connectivity index (χ0) is 20.2. The van der Waals surface area contributed by atoms with E-state index in [4.69, 9.17) is 4.74 Å². The van der Waals surface area contributed by atoms with Crippen LogP contribution in [0.4, 0.5) is 0 Å². The molecule has 0 radical (unpaired) electrons. The maximum absolute atomic E-state index is 12.8. The lowest BCUT2D eigenvalue weighted by Crippen LogP contribution is -2.52. The summed E-state index contributed by atoms with van der Waals surface area (Å²) in [6.45, 7) is 4.62. The van der Waals surface area contributed by atoms with E-state index in [2.05, 4.69) is 16.0 Å². The highest BCUT2D eigenvalue weighted by Gasteiger charge is 2.39. The molecule has 156 valence electrons. The molecule has 3 N–H and O–H groups in total. The van der Waals surface area contributed by atoms with E-state index in [0.717, 1.165) is 50.2 Å². The molecule has 0 aliphatic carbocycles. The number of fused-ring (bicyclic) bond motifs is 1. The van der Waals surface area contributed by atoms with Gasteiger partial charge in [-0.25, -0.2) is 0 Å². The quantitative estimate of drug-likeness (QED) is 0.450. The third-order valence-corrected chi connectivity index (χ3v) is 5.88. The molecule has 3 aliphatic rings. The van der Waals surface area contributed by atoms with Crippen molar-refractivity contribution in [3.05, 3.63) is 34.9 Å². The first-order chi connectivity index (χ1) is 14.1. The standard InChI is InChI=1S/C21H28N4O4/c26-19-7-6-18(20(27)24-19)25-13-17-14(3-1-5-16(17)21(25)28)11-22-8-2-4-15-12-23-9-10-29-15/h1,3,5,15,18,22-23H,2,4,6-13H2,(H,24,26,27). The average molecular weight is 400 g/mol. The lowest BCUT2D eigenvalue weighted by molar-refractivity contribution is -0.136. The van der Waals surface area contributed by atoms with Gasteiger partial charge in [0.05, 0.1) is 12.7 Å². The highest BCUT2D eigenvalue weighted by molar-refractivity contribution is 6.05. The number of nitrogens with one attached hydrogen (secondary N) is 3. The first-order valence-electron chi connectivity index (χ1n) is 10.4. The minimum absolute atomic E-state index is 0.127. The molecule has 3 heterocycles. The summed E-state index contributed by atoms with van der Waals surface area (Å²) in [6, 6.07) is 5.17. The zero-order valence-electron chi connectivity index (χ0n) is 16.5. The molecular weight excluding hydrogens is 372 g/mol. The number of rotatable bonds is 7. The van der Waals surface area contributed by atoms with Crippen molar-refractivity contribution in [2.24, 2.45) is 0 Å². The molecule has 29 heavy (non-hydrogen) atoms. The first-order valence-corrected chi connectivity index (χ1v) is 10.4. The average Bonchev–Trinajstić information content (AvgIpc) is 3.06. The van der Waals surface area contributed by atoms with Crippen molar-refractivity contribution >= 4 is 17.7 Å². The molecule has 0 aromatic heterocycles. The molecule has 0 spiro atoms. The van der Waals surface area contributed by atoms with Crippen molar-refractivity contribution in [2.75, 3.05) is 26.2 Å². The molecule has 3 amide bonds. The summed E-state index contributed by atoms with van der Waals surface area (Å²) in [5, 5.41) is 9.15. The lowest BCUT2D eigenvalue weighted by atomic mass is 10.0. The second-order valence-electron chi connectivity index (χ2n) is 7.86. The molecule has 0 bridgehead atoms. The van der Waals surface area contributed by atoms with Gasteiger partial charge in [0.25, 0.3) is 5.91 Å². The second-order valence-corrected chi connectivity index (χ2v) is 7.86. The van der Waals surface area contributed by atoms with Crippen molar-refractivity contribution in [1.29, 1.82) is 0 Å². The summed E-state index contributed by atoms with van der Waals surface area (Å²) in [4.78, 5) is 38.0. The minimum atomic E-state index is -0.572. The molecule has 1 aromatic rings. The number of carbonyl (C=O) groups excluding carboxylic acids is 3. The predicted octanol–water partition coefficient (Wildman–Crippen LogP) is 0.306. The van der Waals surface area contributed by atoms with Crippen LogP contribution in [0.5, 0.6) is 0 Å². The van der Waals surface area contributed by atoms with Crippen LogP contribution in [0.3, 0.4) is 0 Å². The number of benzene rings is 1. The van der Waals surface area contributed by atoms with E-state index >= 15 is 0 Å². The zero-order valence-corrected chi connectivity index (χ0v) is 16.5. The Hall–Kier alpha value is -2.29. The van der Waals surface area contributed by atoms with Crippen LogP contribution in [0.2, 0.25) is 0 Å². The summed E-state index contributed by atoms with van der Waals surface area (Å²) < 4.78 is 5.71. The molecule has 2 saturated heterocycles. The van der Waals surface area contributed by atoms with Gasteiger partial charge >= 0.3 is 0 Å². The van der Waals surface area contributed by atoms with Gasteiger partial charge in [0.2, 0.25) is 11.8 Å². The maximum atomic E-state index is 12.8. The van der Waals surface area contributed by atoms with Gasteiger partial charge in [-0.3, -0.25) is 19.7 Å². The van der Waals surface area contributed by atoms with Crippen molar-refractivity contribution in [2.45, 2.75) is 50.9 Å². The Bertz CT molecular complexity index is 791. The number of hydrogen-bond acceptors (Lipinski definition) is 6. The molecule has 4 rings (SSSR count). The van der Waals surface area contributed by atoms with Gasteiger partial charge in [0, 0.05) is 38.2 Å². The lowest BCUT2D eigenvalue weighted by Gasteiger charge is -2.29. The van der Waals surface area contributed by atoms with E-state index in [1.165, 1.54) is 0 Å². The Morgan fingerprint density at radius 2 is 2.14 bits per heavy atom. The smallest absolute Gasteiger partial charge is 0.255 e. The Balaban J connectivity index is 1.32. The van der Waals surface area contributed by atoms with Crippen LogP contribution in [-0.2, 0) is 27.4 Å². The van der Waals surface area contributed by atoms with Gasteiger partial charge < -0.3 is 20.3 Å². The summed E-state index contributed by atoms with van der Waals surface area (Å²) in [7, 11) is 0. The van der Waals surface area contributed by atoms with Gasteiger partial charge in [-0.1, -0.05) is 12.1 Å². The fourth-order valence-corrected chi connectivity index (χ4v) is 4.30. The molecule has 2 fully saturated rings. The Labute approximate surface area is 170 Å². The first kappa shape index (κ1) is 20.0. The summed E-state index contributed by atoms with van der Waals surface area (Å²) in [6.07, 6.45) is 3.00. The van der Waals surface area contributed by atoms with Crippen molar-refractivity contribution in [1.82, 2.24) is 20.9 Å². The number of amides is 3. The van der Waals surface area contributed by atoms with Crippen LogP contribution in [0.15, 0.2) is 18.2 Å². The third-order valence-electron chi connectivity index (χ3n) is 5.88. The molecule has 2 atom stereocenters. The Morgan fingerprint density at radius 3 is 2.93 bits per heavy atom. The number of hydrogen-bond donors (Lipinski definition) is 3. The van der Waals surface area contributed by atoms with Crippen LogP contribution in [0.1, 0.15) is 47.2 Å². The van der Waals surface area contributed by atoms with Crippen molar-refractivity contribution < 1.29 is 19.1 Å². The summed E-state index contributed by atoms with van der Waals surface area (Å²) >= 11 is 0.